The molecule has 6 nitrogen and oxygen atoms in total. The van der Waals surface area contributed by atoms with Crippen LogP contribution in [0.3, 0.4) is 0 Å². The molecule has 33 heavy (non-hydrogen) atoms. The predicted octanol–water partition coefficient (Wildman–Crippen LogP) is 2.94. The molecule has 1 amide bonds. The molecule has 0 radical (unpaired) electrons. The number of Topliss-reactive ketones (excluding diaryl/α,β-unsaturated/α-hetero) is 2. The number of ketones is 2. The summed E-state index contributed by atoms with van der Waals surface area (Å²) in [5.41, 5.74) is -0.374. The minimum atomic E-state index is -1.89. The van der Waals surface area contributed by atoms with Crippen LogP contribution in [0.2, 0.25) is 0 Å². The van der Waals surface area contributed by atoms with Crippen molar-refractivity contribution in [3.05, 3.63) is 101 Å². The van der Waals surface area contributed by atoms with Gasteiger partial charge in [0, 0.05) is 41.9 Å². The van der Waals surface area contributed by atoms with Crippen molar-refractivity contribution in [2.45, 2.75) is 5.66 Å². The summed E-state index contributed by atoms with van der Waals surface area (Å²) in [6.45, 7) is 1.78. The summed E-state index contributed by atoms with van der Waals surface area (Å²) in [7, 11) is 0. The van der Waals surface area contributed by atoms with Crippen molar-refractivity contribution >= 4 is 23.2 Å². The van der Waals surface area contributed by atoms with Crippen LogP contribution in [0.4, 0.5) is 10.1 Å². The van der Waals surface area contributed by atoms with E-state index in [9.17, 15) is 18.8 Å². The molecule has 1 saturated heterocycles. The fourth-order valence-electron chi connectivity index (χ4n) is 5.10. The second kappa shape index (κ2) is 8.03. The van der Waals surface area contributed by atoms with Crippen molar-refractivity contribution in [2.75, 3.05) is 26.2 Å². The molecule has 0 aromatic heterocycles. The average molecular weight is 444 g/mol. The van der Waals surface area contributed by atoms with E-state index in [4.69, 9.17) is 0 Å². The van der Waals surface area contributed by atoms with Gasteiger partial charge in [0.2, 0.25) is 0 Å². The lowest BCUT2D eigenvalue weighted by atomic mass is 9.93. The zero-order valence-corrected chi connectivity index (χ0v) is 17.9. The molecule has 0 bridgehead atoms. The largest absolute Gasteiger partial charge is 0.309 e. The average Bonchev–Trinajstić information content (AvgIpc) is 3.08. The Balaban J connectivity index is 1.75. The first-order chi connectivity index (χ1) is 16.0. The first-order valence-corrected chi connectivity index (χ1v) is 10.9. The van der Waals surface area contributed by atoms with Crippen molar-refractivity contribution in [2.24, 2.45) is 0 Å². The van der Waals surface area contributed by atoms with Gasteiger partial charge in [-0.05, 0) is 24.3 Å². The fourth-order valence-corrected chi connectivity index (χ4v) is 5.10. The molecule has 5 rings (SSSR count). The maximum atomic E-state index is 14.1. The van der Waals surface area contributed by atoms with Crippen LogP contribution in [0.1, 0.15) is 31.1 Å². The van der Waals surface area contributed by atoms with E-state index < -0.39 is 29.0 Å². The number of rotatable bonds is 4. The molecule has 0 saturated carbocycles. The Bertz CT molecular complexity index is 1200. The fraction of sp³-hybridized carbons (Fsp3) is 0.192. The number of benzene rings is 3. The maximum Gasteiger partial charge on any atom is 0.309 e. The number of carbonyl (C=O) groups excluding carboxylic acids is 3. The highest BCUT2D eigenvalue weighted by atomic mass is 19.1. The van der Waals surface area contributed by atoms with E-state index in [2.05, 4.69) is 10.6 Å². The van der Waals surface area contributed by atoms with Gasteiger partial charge in [-0.2, -0.15) is 0 Å². The van der Waals surface area contributed by atoms with Gasteiger partial charge in [0.25, 0.3) is 17.5 Å². The van der Waals surface area contributed by atoms with Gasteiger partial charge >= 0.3 is 5.66 Å². The number of carbonyl (C=O) groups is 3. The number of nitrogens with one attached hydrogen (secondary N) is 2. The third kappa shape index (κ3) is 3.12. The monoisotopic (exact) mass is 444 g/mol. The van der Waals surface area contributed by atoms with Gasteiger partial charge < -0.3 is 5.32 Å². The highest BCUT2D eigenvalue weighted by Gasteiger charge is 2.68. The summed E-state index contributed by atoms with van der Waals surface area (Å²) in [5, 5.41) is 6.16. The summed E-state index contributed by atoms with van der Waals surface area (Å²) in [6, 6.07) is 21.0. The van der Waals surface area contributed by atoms with Gasteiger partial charge in [-0.15, -0.1) is 0 Å². The summed E-state index contributed by atoms with van der Waals surface area (Å²) in [5.74, 6) is -1.82. The van der Waals surface area contributed by atoms with E-state index in [0.29, 0.717) is 37.4 Å². The molecule has 1 heterocycles. The van der Waals surface area contributed by atoms with E-state index in [1.54, 1.807) is 66.7 Å². The quantitative estimate of drug-likeness (QED) is 0.479. The van der Waals surface area contributed by atoms with Crippen LogP contribution in [0.25, 0.3) is 0 Å². The van der Waals surface area contributed by atoms with Crippen LogP contribution in [0.5, 0.6) is 0 Å². The maximum absolute atomic E-state index is 14.1. The number of amides is 1. The Morgan fingerprint density at radius 3 is 1.94 bits per heavy atom. The molecule has 2 N–H and O–H groups in total. The molecule has 1 fully saturated rings. The second-order valence-corrected chi connectivity index (χ2v) is 8.38. The molecular weight excluding hydrogens is 421 g/mol. The first-order valence-electron chi connectivity index (χ1n) is 10.9. The highest BCUT2D eigenvalue weighted by Crippen LogP contribution is 2.42. The van der Waals surface area contributed by atoms with Crippen LogP contribution in [0, 0.1) is 5.82 Å². The van der Waals surface area contributed by atoms with E-state index >= 15 is 0 Å². The van der Waals surface area contributed by atoms with Crippen LogP contribution in [0.15, 0.2) is 78.9 Å². The van der Waals surface area contributed by atoms with Gasteiger partial charge in [0.1, 0.15) is 11.5 Å². The Morgan fingerprint density at radius 1 is 0.818 bits per heavy atom. The zero-order valence-electron chi connectivity index (χ0n) is 17.9. The predicted molar refractivity (Wildman–Crippen MR) is 123 cm³/mol. The molecule has 0 spiro atoms. The van der Waals surface area contributed by atoms with Crippen LogP contribution in [-0.2, 0) is 0 Å². The van der Waals surface area contributed by atoms with Crippen molar-refractivity contribution in [1.82, 2.24) is 15.1 Å². The minimum absolute atomic E-state index is 0.120. The van der Waals surface area contributed by atoms with Gasteiger partial charge in [-0.25, -0.2) is 4.39 Å². The third-order valence-corrected chi connectivity index (χ3v) is 6.71. The van der Waals surface area contributed by atoms with Gasteiger partial charge in [0.15, 0.2) is 0 Å². The Kier molecular flexibility index (Phi) is 5.15. The number of hydrogen-bond acceptors (Lipinski definition) is 4. The number of piperazine rings is 1. The molecule has 166 valence electrons. The standard InChI is InChI=1S/C26H22FN3O3/c27-19-10-12-20(13-11-19)30(16-14-28-15-17-30)26(29-25(33)18-6-2-1-3-7-18)23(31)21-8-4-5-9-22(21)24(26)32/h1-13,28H,14-17H2/p+1. The number of quaternary nitrogens is 1. The number of nitrogens with zero attached hydrogens (tertiary/aromatic N) is 1. The number of hydrogen-bond donors (Lipinski definition) is 2. The molecule has 7 heteroatoms. The Morgan fingerprint density at radius 2 is 1.36 bits per heavy atom. The lowest BCUT2D eigenvalue weighted by Crippen LogP contribution is -2.81. The normalized spacial score (nSPS) is 18.6. The first kappa shape index (κ1) is 21.2. The van der Waals surface area contributed by atoms with E-state index in [1.807, 2.05) is 0 Å². The molecule has 2 aliphatic rings. The van der Waals surface area contributed by atoms with Crippen molar-refractivity contribution in [3.63, 3.8) is 0 Å². The zero-order chi connectivity index (χ0) is 23.1. The summed E-state index contributed by atoms with van der Waals surface area (Å²) >= 11 is 0. The van der Waals surface area contributed by atoms with Gasteiger partial charge in [0.05, 0.1) is 13.1 Å². The summed E-state index contributed by atoms with van der Waals surface area (Å²) in [6.07, 6.45) is 0. The van der Waals surface area contributed by atoms with Gasteiger partial charge in [-0.1, -0.05) is 42.5 Å². The van der Waals surface area contributed by atoms with E-state index in [-0.39, 0.29) is 15.6 Å². The smallest absolute Gasteiger partial charge is 0.306 e. The molecule has 0 atom stereocenters. The molecule has 1 aliphatic carbocycles. The molecule has 3 aromatic carbocycles. The van der Waals surface area contributed by atoms with E-state index in [1.165, 1.54) is 12.1 Å². The Hall–Kier alpha value is -3.68. The van der Waals surface area contributed by atoms with Crippen LogP contribution in [-0.4, -0.2) is 49.3 Å². The summed E-state index contributed by atoms with van der Waals surface area (Å²) in [4.78, 5) is 41.6. The summed E-state index contributed by atoms with van der Waals surface area (Å²) < 4.78 is 13.7. The SMILES string of the molecule is O=C(NC1([N+]2(c3ccc(F)cc3)CCNCC2)C(=O)c2ccccc2C1=O)c1ccccc1. The van der Waals surface area contributed by atoms with Crippen molar-refractivity contribution in [1.29, 1.82) is 0 Å². The Labute approximate surface area is 190 Å². The molecular formula is C26H23FN3O3+. The molecule has 0 unspecified atom stereocenters. The number of halogens is 1. The topological polar surface area (TPSA) is 75.3 Å². The lowest BCUT2D eigenvalue weighted by molar-refractivity contribution is 0.0344. The van der Waals surface area contributed by atoms with Crippen molar-refractivity contribution < 1.29 is 18.8 Å². The second-order valence-electron chi connectivity index (χ2n) is 8.38. The number of fused-ring (bicyclic) bond motifs is 1. The third-order valence-electron chi connectivity index (χ3n) is 6.71. The van der Waals surface area contributed by atoms with Gasteiger partial charge in [-0.3, -0.25) is 24.2 Å². The molecule has 1 aliphatic heterocycles. The highest BCUT2D eigenvalue weighted by molar-refractivity contribution is 6.34. The van der Waals surface area contributed by atoms with Crippen LogP contribution >= 0.6 is 0 Å². The van der Waals surface area contributed by atoms with Crippen LogP contribution < -0.4 is 15.1 Å². The van der Waals surface area contributed by atoms with E-state index in [0.717, 1.165) is 0 Å². The lowest BCUT2D eigenvalue weighted by Gasteiger charge is -2.50. The van der Waals surface area contributed by atoms with Crippen molar-refractivity contribution in [3.8, 4) is 0 Å². The minimum Gasteiger partial charge on any atom is -0.306 e. The molecule has 3 aromatic rings.